The van der Waals surface area contributed by atoms with E-state index < -0.39 is 11.8 Å². The molecule has 0 bridgehead atoms. The SMILES string of the molecule is Cc1cc(OCC(=O)NNC(=O)COc2ccc(Br)cc2C(C)C)ccc1Cl. The molecule has 2 N–H and O–H groups in total. The largest absolute Gasteiger partial charge is 0.484 e. The van der Waals surface area contributed by atoms with Gasteiger partial charge in [-0.1, -0.05) is 41.4 Å². The molecule has 2 aromatic rings. The second-order valence-electron chi connectivity index (χ2n) is 6.42. The second kappa shape index (κ2) is 10.3. The third kappa shape index (κ3) is 6.73. The molecule has 2 aromatic carbocycles. The number of hydrogen-bond acceptors (Lipinski definition) is 4. The molecule has 0 heterocycles. The van der Waals surface area contributed by atoms with Crippen LogP contribution in [0, 0.1) is 6.92 Å². The number of carbonyl (C=O) groups is 2. The van der Waals surface area contributed by atoms with Gasteiger partial charge in [0.25, 0.3) is 11.8 Å². The molecule has 8 heteroatoms. The van der Waals surface area contributed by atoms with Crippen molar-refractivity contribution in [3.63, 3.8) is 0 Å². The van der Waals surface area contributed by atoms with Gasteiger partial charge >= 0.3 is 0 Å². The van der Waals surface area contributed by atoms with Gasteiger partial charge in [-0.2, -0.15) is 0 Å². The Balaban J connectivity index is 1.76. The first-order chi connectivity index (χ1) is 13.3. The number of rotatable bonds is 7. The molecule has 0 unspecified atom stereocenters. The van der Waals surface area contributed by atoms with E-state index >= 15 is 0 Å². The zero-order chi connectivity index (χ0) is 20.7. The molecule has 150 valence electrons. The minimum absolute atomic E-state index is 0.223. The van der Waals surface area contributed by atoms with Gasteiger partial charge in [-0.3, -0.25) is 20.4 Å². The van der Waals surface area contributed by atoms with Gasteiger partial charge in [-0.05, 0) is 60.4 Å². The third-order valence-corrected chi connectivity index (χ3v) is 4.71. The summed E-state index contributed by atoms with van der Waals surface area (Å²) < 4.78 is 11.9. The molecule has 0 saturated heterocycles. The van der Waals surface area contributed by atoms with Gasteiger partial charge in [-0.15, -0.1) is 0 Å². The smallest absolute Gasteiger partial charge is 0.276 e. The average Bonchev–Trinajstić information content (AvgIpc) is 2.66. The van der Waals surface area contributed by atoms with Crippen molar-refractivity contribution in [1.29, 1.82) is 0 Å². The Hall–Kier alpha value is -2.25. The molecule has 0 aromatic heterocycles. The van der Waals surface area contributed by atoms with Crippen LogP contribution in [-0.2, 0) is 9.59 Å². The molecule has 0 aliphatic carbocycles. The van der Waals surface area contributed by atoms with Crippen LogP contribution in [0.1, 0.15) is 30.9 Å². The number of nitrogens with one attached hydrogen (secondary N) is 2. The van der Waals surface area contributed by atoms with Crippen molar-refractivity contribution in [3.8, 4) is 11.5 Å². The maximum absolute atomic E-state index is 11.9. The maximum atomic E-state index is 11.9. The first-order valence-corrected chi connectivity index (χ1v) is 9.82. The lowest BCUT2D eigenvalue weighted by molar-refractivity contribution is -0.131. The summed E-state index contributed by atoms with van der Waals surface area (Å²) in [6.07, 6.45) is 0. The summed E-state index contributed by atoms with van der Waals surface area (Å²) in [7, 11) is 0. The minimum atomic E-state index is -0.493. The van der Waals surface area contributed by atoms with Crippen LogP contribution in [0.3, 0.4) is 0 Å². The minimum Gasteiger partial charge on any atom is -0.484 e. The number of carbonyl (C=O) groups excluding carboxylic acids is 2. The fourth-order valence-corrected chi connectivity index (χ4v) is 2.81. The number of amides is 2. The van der Waals surface area contributed by atoms with Gasteiger partial charge in [0.05, 0.1) is 0 Å². The normalized spacial score (nSPS) is 10.5. The predicted octanol–water partition coefficient (Wildman–Crippen LogP) is 4.14. The van der Waals surface area contributed by atoms with E-state index in [0.29, 0.717) is 16.5 Å². The van der Waals surface area contributed by atoms with Gasteiger partial charge < -0.3 is 9.47 Å². The summed E-state index contributed by atoms with van der Waals surface area (Å²) in [5, 5.41) is 0.621. The van der Waals surface area contributed by atoms with E-state index in [4.69, 9.17) is 21.1 Å². The van der Waals surface area contributed by atoms with Crippen LogP contribution < -0.4 is 20.3 Å². The molecule has 6 nitrogen and oxygen atoms in total. The van der Waals surface area contributed by atoms with Crippen LogP contribution in [0.25, 0.3) is 0 Å². The van der Waals surface area contributed by atoms with E-state index in [1.165, 1.54) is 0 Å². The van der Waals surface area contributed by atoms with Crippen LogP contribution >= 0.6 is 27.5 Å². The molecule has 0 saturated carbocycles. The quantitative estimate of drug-likeness (QED) is 0.598. The zero-order valence-corrected chi connectivity index (χ0v) is 18.2. The maximum Gasteiger partial charge on any atom is 0.276 e. The molecule has 2 amide bonds. The highest BCUT2D eigenvalue weighted by Crippen LogP contribution is 2.29. The van der Waals surface area contributed by atoms with Crippen molar-refractivity contribution in [1.82, 2.24) is 10.9 Å². The fourth-order valence-electron chi connectivity index (χ4n) is 2.31. The number of hydrazine groups is 1. The number of benzene rings is 2. The summed E-state index contributed by atoms with van der Waals surface area (Å²) in [6, 6.07) is 10.7. The number of hydrogen-bond donors (Lipinski definition) is 2. The van der Waals surface area contributed by atoms with Gasteiger partial charge in [0.15, 0.2) is 13.2 Å². The molecular formula is C20H22BrClN2O4. The highest BCUT2D eigenvalue weighted by atomic mass is 79.9. The standard InChI is InChI=1S/C20H22BrClN2O4/c1-12(2)16-9-14(21)4-7-18(16)28-11-20(26)24-23-19(25)10-27-15-5-6-17(22)13(3)8-15/h4-9,12H,10-11H2,1-3H3,(H,23,25)(H,24,26). The summed E-state index contributed by atoms with van der Waals surface area (Å²) in [5.74, 6) is 0.411. The van der Waals surface area contributed by atoms with E-state index in [0.717, 1.165) is 15.6 Å². The Morgan fingerprint density at radius 2 is 1.68 bits per heavy atom. The predicted molar refractivity (Wildman–Crippen MR) is 112 cm³/mol. The van der Waals surface area contributed by atoms with Crippen molar-refractivity contribution in [3.05, 3.63) is 57.0 Å². The topological polar surface area (TPSA) is 76.7 Å². The van der Waals surface area contributed by atoms with Crippen LogP contribution in [-0.4, -0.2) is 25.0 Å². The number of ether oxygens (including phenoxy) is 2. The highest BCUT2D eigenvalue weighted by Gasteiger charge is 2.11. The van der Waals surface area contributed by atoms with E-state index in [9.17, 15) is 9.59 Å². The van der Waals surface area contributed by atoms with Gasteiger partial charge in [0, 0.05) is 9.50 Å². The van der Waals surface area contributed by atoms with Gasteiger partial charge in [0.2, 0.25) is 0 Å². The van der Waals surface area contributed by atoms with Gasteiger partial charge in [-0.25, -0.2) is 0 Å². The molecule has 0 aliphatic heterocycles. The molecule has 2 rings (SSSR count). The third-order valence-electron chi connectivity index (χ3n) is 3.79. The lowest BCUT2D eigenvalue weighted by Gasteiger charge is -2.14. The Labute approximate surface area is 177 Å². The fraction of sp³-hybridized carbons (Fsp3) is 0.300. The van der Waals surface area contributed by atoms with Crippen molar-refractivity contribution in [2.75, 3.05) is 13.2 Å². The summed E-state index contributed by atoms with van der Waals surface area (Å²) >= 11 is 9.36. The molecule has 0 radical (unpaired) electrons. The van der Waals surface area contributed by atoms with Crippen LogP contribution in [0.4, 0.5) is 0 Å². The molecular weight excluding hydrogens is 448 g/mol. The van der Waals surface area contributed by atoms with Crippen molar-refractivity contribution in [2.24, 2.45) is 0 Å². The number of aryl methyl sites for hydroxylation is 1. The van der Waals surface area contributed by atoms with E-state index in [-0.39, 0.29) is 19.1 Å². The molecule has 28 heavy (non-hydrogen) atoms. The molecule has 0 atom stereocenters. The summed E-state index contributed by atoms with van der Waals surface area (Å²) in [6.45, 7) is 5.45. The zero-order valence-electron chi connectivity index (χ0n) is 15.8. The summed E-state index contributed by atoms with van der Waals surface area (Å²) in [5.41, 5.74) is 6.41. The van der Waals surface area contributed by atoms with Crippen LogP contribution in [0.15, 0.2) is 40.9 Å². The van der Waals surface area contributed by atoms with Crippen molar-refractivity contribution in [2.45, 2.75) is 26.7 Å². The molecule has 0 aliphatic rings. The molecule has 0 fully saturated rings. The highest BCUT2D eigenvalue weighted by molar-refractivity contribution is 9.10. The Morgan fingerprint density at radius 1 is 1.04 bits per heavy atom. The lowest BCUT2D eigenvalue weighted by Crippen LogP contribution is -2.45. The Bertz CT molecular complexity index is 858. The van der Waals surface area contributed by atoms with Crippen molar-refractivity contribution < 1.29 is 19.1 Å². The van der Waals surface area contributed by atoms with Crippen LogP contribution in [0.2, 0.25) is 5.02 Å². The van der Waals surface area contributed by atoms with Gasteiger partial charge in [0.1, 0.15) is 11.5 Å². The number of halogens is 2. The summed E-state index contributed by atoms with van der Waals surface area (Å²) in [4.78, 5) is 23.7. The monoisotopic (exact) mass is 468 g/mol. The average molecular weight is 470 g/mol. The Kier molecular flexibility index (Phi) is 8.14. The van der Waals surface area contributed by atoms with E-state index in [1.807, 2.05) is 32.9 Å². The van der Waals surface area contributed by atoms with E-state index in [2.05, 4.69) is 26.8 Å². The first-order valence-electron chi connectivity index (χ1n) is 8.65. The van der Waals surface area contributed by atoms with Crippen LogP contribution in [0.5, 0.6) is 11.5 Å². The second-order valence-corrected chi connectivity index (χ2v) is 7.74. The van der Waals surface area contributed by atoms with E-state index in [1.54, 1.807) is 24.3 Å². The van der Waals surface area contributed by atoms with Crippen molar-refractivity contribution >= 4 is 39.3 Å². The molecule has 0 spiro atoms. The lowest BCUT2D eigenvalue weighted by atomic mass is 10.0. The first kappa shape index (κ1) is 22.0. The Morgan fingerprint density at radius 3 is 2.29 bits per heavy atom.